The molecule has 0 radical (unpaired) electrons. The number of aryl methyl sites for hydroxylation is 1. The highest BCUT2D eigenvalue weighted by atomic mass is 15.2. The minimum atomic E-state index is 0.471. The molecule has 104 valence electrons. The molecule has 2 unspecified atom stereocenters. The lowest BCUT2D eigenvalue weighted by Gasteiger charge is -2.36. The monoisotopic (exact) mass is 258 g/mol. The van der Waals surface area contributed by atoms with Crippen LogP contribution in [0.5, 0.6) is 0 Å². The molecule has 2 nitrogen and oxygen atoms in total. The van der Waals surface area contributed by atoms with Crippen LogP contribution >= 0.6 is 0 Å². The van der Waals surface area contributed by atoms with Crippen LogP contribution < -0.4 is 5.32 Å². The van der Waals surface area contributed by atoms with Crippen molar-refractivity contribution in [2.75, 3.05) is 13.1 Å². The van der Waals surface area contributed by atoms with Gasteiger partial charge in [0.2, 0.25) is 0 Å². The molecule has 2 saturated heterocycles. The Labute approximate surface area is 117 Å². The molecule has 0 bridgehead atoms. The lowest BCUT2D eigenvalue weighted by atomic mass is 9.96. The molecule has 1 N–H and O–H groups in total. The van der Waals surface area contributed by atoms with E-state index in [9.17, 15) is 0 Å². The summed E-state index contributed by atoms with van der Waals surface area (Å²) in [5.41, 5.74) is 2.76. The smallest absolute Gasteiger partial charge is 0.0294 e. The Hall–Kier alpha value is -0.860. The Morgan fingerprint density at radius 2 is 1.95 bits per heavy atom. The van der Waals surface area contributed by atoms with Crippen molar-refractivity contribution in [2.45, 2.75) is 57.7 Å². The molecule has 2 heteroatoms. The fraction of sp³-hybridized carbons (Fsp3) is 0.647. The summed E-state index contributed by atoms with van der Waals surface area (Å²) in [6.07, 6.45) is 5.48. The van der Waals surface area contributed by atoms with Gasteiger partial charge in [0.25, 0.3) is 0 Å². The molecule has 2 aliphatic heterocycles. The summed E-state index contributed by atoms with van der Waals surface area (Å²) in [6, 6.07) is 11.0. The van der Waals surface area contributed by atoms with E-state index in [-0.39, 0.29) is 0 Å². The molecule has 1 aromatic carbocycles. The first kappa shape index (κ1) is 13.1. The van der Waals surface area contributed by atoms with E-state index in [1.54, 1.807) is 0 Å². The maximum atomic E-state index is 3.84. The second kappa shape index (κ2) is 5.64. The molecular formula is C17H26N2. The van der Waals surface area contributed by atoms with Gasteiger partial charge in [-0.1, -0.05) is 29.8 Å². The Kier molecular flexibility index (Phi) is 3.90. The molecule has 2 aliphatic rings. The average Bonchev–Trinajstić information content (AvgIpc) is 2.87. The minimum Gasteiger partial charge on any atom is -0.307 e. The van der Waals surface area contributed by atoms with Gasteiger partial charge in [-0.15, -0.1) is 0 Å². The third-order valence-electron chi connectivity index (χ3n) is 4.88. The van der Waals surface area contributed by atoms with E-state index < -0.39 is 0 Å². The van der Waals surface area contributed by atoms with Crippen LogP contribution in [-0.4, -0.2) is 30.1 Å². The van der Waals surface area contributed by atoms with Crippen molar-refractivity contribution < 1.29 is 0 Å². The minimum absolute atomic E-state index is 0.471. The summed E-state index contributed by atoms with van der Waals surface area (Å²) in [5.74, 6) is 0. The van der Waals surface area contributed by atoms with Gasteiger partial charge in [0.05, 0.1) is 0 Å². The largest absolute Gasteiger partial charge is 0.307 e. The summed E-state index contributed by atoms with van der Waals surface area (Å²) in [6.45, 7) is 7.08. The van der Waals surface area contributed by atoms with Gasteiger partial charge in [0, 0.05) is 18.1 Å². The number of nitrogens with zero attached hydrogens (tertiary/aromatic N) is 1. The van der Waals surface area contributed by atoms with Gasteiger partial charge >= 0.3 is 0 Å². The third-order valence-corrected chi connectivity index (χ3v) is 4.88. The maximum absolute atomic E-state index is 3.84. The second-order valence-electron chi connectivity index (χ2n) is 6.35. The van der Waals surface area contributed by atoms with Crippen LogP contribution in [0.3, 0.4) is 0 Å². The van der Waals surface area contributed by atoms with Gasteiger partial charge in [-0.2, -0.15) is 0 Å². The summed E-state index contributed by atoms with van der Waals surface area (Å²) in [5, 5.41) is 3.84. The van der Waals surface area contributed by atoms with Crippen molar-refractivity contribution in [3.05, 3.63) is 35.4 Å². The van der Waals surface area contributed by atoms with Crippen LogP contribution in [0.25, 0.3) is 0 Å². The Morgan fingerprint density at radius 3 is 2.74 bits per heavy atom. The van der Waals surface area contributed by atoms with Crippen molar-refractivity contribution in [1.29, 1.82) is 0 Å². The summed E-state index contributed by atoms with van der Waals surface area (Å²) in [7, 11) is 0. The van der Waals surface area contributed by atoms with Crippen molar-refractivity contribution >= 4 is 0 Å². The summed E-state index contributed by atoms with van der Waals surface area (Å²) >= 11 is 0. The van der Waals surface area contributed by atoms with E-state index in [0.717, 1.165) is 6.04 Å². The standard InChI is InChI=1S/C17H26N2/c1-13-5-7-15(8-6-13)14(2)18-16-9-11-19-10-3-4-17(19)12-16/h5-8,14,16-18H,3-4,9-12H2,1-2H3/t14-,16?,17?/m0/s1. The van der Waals surface area contributed by atoms with E-state index in [4.69, 9.17) is 0 Å². The van der Waals surface area contributed by atoms with E-state index in [2.05, 4.69) is 48.3 Å². The fourth-order valence-corrected chi connectivity index (χ4v) is 3.68. The predicted octanol–water partition coefficient (Wildman–Crippen LogP) is 3.27. The summed E-state index contributed by atoms with van der Waals surface area (Å²) < 4.78 is 0. The molecule has 19 heavy (non-hydrogen) atoms. The van der Waals surface area contributed by atoms with Crippen molar-refractivity contribution in [3.8, 4) is 0 Å². The van der Waals surface area contributed by atoms with Crippen molar-refractivity contribution in [3.63, 3.8) is 0 Å². The number of benzene rings is 1. The Morgan fingerprint density at radius 1 is 1.16 bits per heavy atom. The van der Waals surface area contributed by atoms with Crippen molar-refractivity contribution in [1.82, 2.24) is 10.2 Å². The first-order valence-electron chi connectivity index (χ1n) is 7.79. The Bertz CT molecular complexity index is 412. The van der Waals surface area contributed by atoms with Gasteiger partial charge < -0.3 is 10.2 Å². The predicted molar refractivity (Wildman–Crippen MR) is 80.3 cm³/mol. The highest BCUT2D eigenvalue weighted by Crippen LogP contribution is 2.28. The first-order valence-corrected chi connectivity index (χ1v) is 7.79. The molecule has 3 atom stereocenters. The van der Waals surface area contributed by atoms with Crippen LogP contribution in [0.4, 0.5) is 0 Å². The molecule has 0 amide bonds. The lowest BCUT2D eigenvalue weighted by molar-refractivity contribution is 0.162. The normalized spacial score (nSPS) is 29.2. The highest BCUT2D eigenvalue weighted by Gasteiger charge is 2.31. The van der Waals surface area contributed by atoms with E-state index >= 15 is 0 Å². The van der Waals surface area contributed by atoms with Gasteiger partial charge in [0.15, 0.2) is 0 Å². The van der Waals surface area contributed by atoms with Gasteiger partial charge in [-0.3, -0.25) is 0 Å². The number of nitrogens with one attached hydrogen (secondary N) is 1. The number of hydrogen-bond acceptors (Lipinski definition) is 2. The molecule has 0 saturated carbocycles. The molecule has 0 aliphatic carbocycles. The molecule has 0 aromatic heterocycles. The SMILES string of the molecule is Cc1ccc([C@H](C)NC2CCN3CCCC3C2)cc1. The number of fused-ring (bicyclic) bond motifs is 1. The van der Waals surface area contributed by atoms with Crippen LogP contribution in [-0.2, 0) is 0 Å². The number of hydrogen-bond donors (Lipinski definition) is 1. The van der Waals surface area contributed by atoms with E-state index in [1.807, 2.05) is 0 Å². The molecule has 2 fully saturated rings. The lowest BCUT2D eigenvalue weighted by Crippen LogP contribution is -2.46. The second-order valence-corrected chi connectivity index (χ2v) is 6.35. The fourth-order valence-electron chi connectivity index (χ4n) is 3.68. The third kappa shape index (κ3) is 3.01. The molecule has 3 rings (SSSR count). The highest BCUT2D eigenvalue weighted by molar-refractivity contribution is 5.23. The zero-order valence-electron chi connectivity index (χ0n) is 12.2. The molecule has 1 aromatic rings. The van der Waals surface area contributed by atoms with Gasteiger partial charge in [-0.05, 0) is 58.2 Å². The Balaban J connectivity index is 1.57. The van der Waals surface area contributed by atoms with Crippen LogP contribution in [0.2, 0.25) is 0 Å². The average molecular weight is 258 g/mol. The van der Waals surface area contributed by atoms with E-state index in [0.29, 0.717) is 12.1 Å². The first-order chi connectivity index (χ1) is 9.22. The summed E-state index contributed by atoms with van der Waals surface area (Å²) in [4.78, 5) is 2.69. The van der Waals surface area contributed by atoms with Crippen LogP contribution in [0, 0.1) is 6.92 Å². The van der Waals surface area contributed by atoms with Crippen molar-refractivity contribution in [2.24, 2.45) is 0 Å². The molecular weight excluding hydrogens is 232 g/mol. The van der Waals surface area contributed by atoms with Crippen LogP contribution in [0.15, 0.2) is 24.3 Å². The van der Waals surface area contributed by atoms with Gasteiger partial charge in [0.1, 0.15) is 0 Å². The number of rotatable bonds is 3. The zero-order valence-corrected chi connectivity index (χ0v) is 12.2. The molecule has 2 heterocycles. The van der Waals surface area contributed by atoms with Crippen LogP contribution in [0.1, 0.15) is 49.8 Å². The topological polar surface area (TPSA) is 15.3 Å². The van der Waals surface area contributed by atoms with E-state index in [1.165, 1.54) is 49.9 Å². The quantitative estimate of drug-likeness (QED) is 0.895. The maximum Gasteiger partial charge on any atom is 0.0294 e. The molecule has 0 spiro atoms. The number of piperidine rings is 1. The van der Waals surface area contributed by atoms with Gasteiger partial charge in [-0.25, -0.2) is 0 Å². The zero-order chi connectivity index (χ0) is 13.2.